The first-order valence-electron chi connectivity index (χ1n) is 10.1. The maximum atomic E-state index is 12.9. The lowest BCUT2D eigenvalue weighted by Gasteiger charge is -2.26. The molecule has 2 aliphatic rings. The van der Waals surface area contributed by atoms with Crippen molar-refractivity contribution in [1.29, 1.82) is 5.26 Å². The smallest absolute Gasteiger partial charge is 0.264 e. The van der Waals surface area contributed by atoms with E-state index in [1.165, 1.54) is 0 Å². The molecule has 0 atom stereocenters. The number of hydrogen-bond donors (Lipinski definition) is 0. The highest BCUT2D eigenvalue weighted by Gasteiger charge is 2.30. The third-order valence-electron chi connectivity index (χ3n) is 5.55. The van der Waals surface area contributed by atoms with E-state index in [-0.39, 0.29) is 12.5 Å². The monoisotopic (exact) mass is 425 g/mol. The van der Waals surface area contributed by atoms with Crippen molar-refractivity contribution >= 4 is 21.6 Å². The average Bonchev–Trinajstić information content (AvgIpc) is 3.22. The summed E-state index contributed by atoms with van der Waals surface area (Å²) < 4.78 is 32.9. The fraction of sp³-hybridized carbons (Fsp3) is 0.364. The minimum Gasteiger partial charge on any atom is -0.484 e. The van der Waals surface area contributed by atoms with Gasteiger partial charge >= 0.3 is 0 Å². The van der Waals surface area contributed by atoms with E-state index in [1.54, 1.807) is 51.7 Å². The summed E-state index contributed by atoms with van der Waals surface area (Å²) in [6.07, 6.45) is 3.47. The summed E-state index contributed by atoms with van der Waals surface area (Å²) >= 11 is 0. The predicted octanol–water partition coefficient (Wildman–Crippen LogP) is 2.70. The molecular weight excluding hydrogens is 402 g/mol. The molecule has 0 aliphatic carbocycles. The molecule has 4 rings (SSSR count). The topological polar surface area (TPSA) is 90.7 Å². The summed E-state index contributed by atoms with van der Waals surface area (Å²) in [5, 5.41) is 8.84. The Hall–Kier alpha value is -2.89. The van der Waals surface area contributed by atoms with Crippen molar-refractivity contribution < 1.29 is 17.9 Å². The summed E-state index contributed by atoms with van der Waals surface area (Å²) in [6, 6.07) is 13.6. The average molecular weight is 426 g/mol. The number of nitriles is 1. The van der Waals surface area contributed by atoms with Crippen LogP contribution in [0.15, 0.2) is 47.4 Å². The molecule has 1 saturated heterocycles. The second-order valence-electron chi connectivity index (χ2n) is 7.48. The Morgan fingerprint density at radius 2 is 1.77 bits per heavy atom. The van der Waals surface area contributed by atoms with Gasteiger partial charge in [0.15, 0.2) is 6.61 Å². The van der Waals surface area contributed by atoms with Crippen LogP contribution in [-0.2, 0) is 21.2 Å². The lowest BCUT2D eigenvalue weighted by Crippen LogP contribution is -2.35. The van der Waals surface area contributed by atoms with Gasteiger partial charge in [-0.3, -0.25) is 4.79 Å². The summed E-state index contributed by atoms with van der Waals surface area (Å²) in [7, 11) is -3.49. The molecule has 0 spiro atoms. The highest BCUT2D eigenvalue weighted by Crippen LogP contribution is 2.32. The van der Waals surface area contributed by atoms with Gasteiger partial charge in [0, 0.05) is 25.3 Å². The molecule has 8 heteroatoms. The van der Waals surface area contributed by atoms with Crippen molar-refractivity contribution in [1.82, 2.24) is 4.31 Å². The van der Waals surface area contributed by atoms with Crippen LogP contribution in [0, 0.1) is 11.3 Å². The van der Waals surface area contributed by atoms with Crippen molar-refractivity contribution in [3.05, 3.63) is 53.6 Å². The molecule has 0 aromatic heterocycles. The number of fused-ring (bicyclic) bond motifs is 1. The molecule has 0 saturated carbocycles. The molecule has 2 aromatic rings. The largest absolute Gasteiger partial charge is 0.484 e. The minimum absolute atomic E-state index is 0.126. The Balaban J connectivity index is 1.45. The molecule has 0 bridgehead atoms. The van der Waals surface area contributed by atoms with Crippen LogP contribution in [0.4, 0.5) is 5.69 Å². The molecule has 7 nitrogen and oxygen atoms in total. The standard InChI is InChI=1S/C22H23N3O4S/c23-15-17-4-6-19(7-5-17)29-16-22(26)25-13-10-18-14-20(8-9-21(18)25)30(27,28)24-11-2-1-3-12-24/h4-9,14H,1-3,10-13,16H2. The summed E-state index contributed by atoms with van der Waals surface area (Å²) in [5.41, 5.74) is 2.12. The van der Waals surface area contributed by atoms with E-state index in [9.17, 15) is 13.2 Å². The molecule has 0 unspecified atom stereocenters. The Kier molecular flexibility index (Phi) is 5.75. The van der Waals surface area contributed by atoms with E-state index in [0.29, 0.717) is 42.3 Å². The molecule has 0 N–H and O–H groups in total. The highest BCUT2D eigenvalue weighted by molar-refractivity contribution is 7.89. The number of anilines is 1. The number of benzene rings is 2. The Morgan fingerprint density at radius 3 is 2.47 bits per heavy atom. The van der Waals surface area contributed by atoms with Gasteiger partial charge in [0.25, 0.3) is 5.91 Å². The fourth-order valence-electron chi connectivity index (χ4n) is 3.90. The second kappa shape index (κ2) is 8.46. The fourth-order valence-corrected chi connectivity index (χ4v) is 5.47. The van der Waals surface area contributed by atoms with E-state index in [1.807, 2.05) is 6.07 Å². The van der Waals surface area contributed by atoms with Gasteiger partial charge in [-0.25, -0.2) is 8.42 Å². The quantitative estimate of drug-likeness (QED) is 0.735. The van der Waals surface area contributed by atoms with Crippen LogP contribution in [0.3, 0.4) is 0 Å². The third kappa shape index (κ3) is 4.04. The van der Waals surface area contributed by atoms with E-state index in [2.05, 4.69) is 0 Å². The summed E-state index contributed by atoms with van der Waals surface area (Å²) in [4.78, 5) is 14.6. The van der Waals surface area contributed by atoms with E-state index >= 15 is 0 Å². The molecule has 2 heterocycles. The number of amides is 1. The second-order valence-corrected chi connectivity index (χ2v) is 9.41. The minimum atomic E-state index is -3.49. The number of hydrogen-bond acceptors (Lipinski definition) is 5. The molecular formula is C22H23N3O4S. The van der Waals surface area contributed by atoms with Crippen LogP contribution in [0.1, 0.15) is 30.4 Å². The van der Waals surface area contributed by atoms with Crippen molar-refractivity contribution in [3.63, 3.8) is 0 Å². The van der Waals surface area contributed by atoms with Crippen LogP contribution in [0.2, 0.25) is 0 Å². The van der Waals surface area contributed by atoms with Crippen LogP contribution < -0.4 is 9.64 Å². The van der Waals surface area contributed by atoms with Gasteiger partial charge in [-0.2, -0.15) is 9.57 Å². The van der Waals surface area contributed by atoms with Gasteiger partial charge in [-0.15, -0.1) is 0 Å². The Labute approximate surface area is 176 Å². The van der Waals surface area contributed by atoms with Gasteiger partial charge < -0.3 is 9.64 Å². The first kappa shape index (κ1) is 20.4. The van der Waals surface area contributed by atoms with Crippen molar-refractivity contribution in [3.8, 4) is 11.8 Å². The van der Waals surface area contributed by atoms with Crippen LogP contribution in [-0.4, -0.2) is 44.9 Å². The lowest BCUT2D eigenvalue weighted by molar-refractivity contribution is -0.120. The van der Waals surface area contributed by atoms with Crippen molar-refractivity contribution in [2.75, 3.05) is 31.1 Å². The molecule has 2 aliphatic heterocycles. The van der Waals surface area contributed by atoms with E-state index in [4.69, 9.17) is 10.00 Å². The lowest BCUT2D eigenvalue weighted by atomic mass is 10.2. The van der Waals surface area contributed by atoms with Crippen molar-refractivity contribution in [2.45, 2.75) is 30.6 Å². The maximum absolute atomic E-state index is 12.9. The zero-order valence-electron chi connectivity index (χ0n) is 16.6. The number of nitrogens with zero attached hydrogens (tertiary/aromatic N) is 3. The van der Waals surface area contributed by atoms with E-state index in [0.717, 1.165) is 30.5 Å². The number of carbonyl (C=O) groups excluding carboxylic acids is 1. The zero-order valence-corrected chi connectivity index (χ0v) is 17.4. The van der Waals surface area contributed by atoms with E-state index < -0.39 is 10.0 Å². The number of sulfonamides is 1. The number of piperidine rings is 1. The predicted molar refractivity (Wildman–Crippen MR) is 112 cm³/mol. The van der Waals surface area contributed by atoms with Gasteiger partial charge in [-0.05, 0) is 67.3 Å². The number of ether oxygens (including phenoxy) is 1. The van der Waals surface area contributed by atoms with Gasteiger partial charge in [0.05, 0.1) is 16.5 Å². The molecule has 1 fully saturated rings. The van der Waals surface area contributed by atoms with Crippen LogP contribution in [0.25, 0.3) is 0 Å². The first-order valence-corrected chi connectivity index (χ1v) is 11.5. The molecule has 0 radical (unpaired) electrons. The Bertz CT molecular complexity index is 1080. The summed E-state index contributed by atoms with van der Waals surface area (Å²) in [5.74, 6) is 0.328. The number of carbonyl (C=O) groups is 1. The molecule has 30 heavy (non-hydrogen) atoms. The van der Waals surface area contributed by atoms with Crippen molar-refractivity contribution in [2.24, 2.45) is 0 Å². The molecule has 1 amide bonds. The van der Waals surface area contributed by atoms with Gasteiger partial charge in [0.1, 0.15) is 5.75 Å². The third-order valence-corrected chi connectivity index (χ3v) is 7.44. The zero-order chi connectivity index (χ0) is 21.1. The highest BCUT2D eigenvalue weighted by atomic mass is 32.2. The first-order chi connectivity index (χ1) is 14.5. The molecule has 156 valence electrons. The maximum Gasteiger partial charge on any atom is 0.264 e. The van der Waals surface area contributed by atoms with Crippen LogP contribution in [0.5, 0.6) is 5.75 Å². The Morgan fingerprint density at radius 1 is 1.03 bits per heavy atom. The molecule has 2 aromatic carbocycles. The summed E-state index contributed by atoms with van der Waals surface area (Å²) in [6.45, 7) is 1.50. The van der Waals surface area contributed by atoms with Crippen LogP contribution >= 0.6 is 0 Å². The number of rotatable bonds is 5. The van der Waals surface area contributed by atoms with Gasteiger partial charge in [-0.1, -0.05) is 6.42 Å². The van der Waals surface area contributed by atoms with Gasteiger partial charge in [0.2, 0.25) is 10.0 Å². The normalized spacial score (nSPS) is 16.7. The SMILES string of the molecule is N#Cc1ccc(OCC(=O)N2CCc3cc(S(=O)(=O)N4CCCCC4)ccc32)cc1.